The lowest BCUT2D eigenvalue weighted by atomic mass is 9.78. The quantitative estimate of drug-likeness (QED) is 0.803. The Bertz CT molecular complexity index is 353. The molecular formula is C14H26N2O4. The molecule has 0 radical (unpaired) electrons. The number of carboxylic acid groups (broad SMARTS) is 1. The molecule has 0 aromatic carbocycles. The van der Waals surface area contributed by atoms with Gasteiger partial charge in [-0.2, -0.15) is 0 Å². The number of carbonyl (C=O) groups is 2. The third kappa shape index (κ3) is 3.62. The van der Waals surface area contributed by atoms with E-state index in [0.717, 1.165) is 32.1 Å². The molecule has 1 aliphatic rings. The number of carboxylic acids is 1. The molecule has 0 saturated heterocycles. The first-order valence-corrected chi connectivity index (χ1v) is 7.17. The molecule has 2 amide bonds. The van der Waals surface area contributed by atoms with Gasteiger partial charge in [0.05, 0.1) is 24.6 Å². The first kappa shape index (κ1) is 16.8. The predicted molar refractivity (Wildman–Crippen MR) is 75.5 cm³/mol. The Morgan fingerprint density at radius 1 is 1.20 bits per heavy atom. The van der Waals surface area contributed by atoms with E-state index < -0.39 is 11.5 Å². The van der Waals surface area contributed by atoms with E-state index in [4.69, 9.17) is 10.2 Å². The van der Waals surface area contributed by atoms with Crippen LogP contribution in [0.2, 0.25) is 0 Å². The minimum absolute atomic E-state index is 0.0173. The van der Waals surface area contributed by atoms with Crippen molar-refractivity contribution in [3.8, 4) is 0 Å². The van der Waals surface area contributed by atoms with Gasteiger partial charge in [-0.1, -0.05) is 19.3 Å². The van der Waals surface area contributed by atoms with Crippen LogP contribution < -0.4 is 0 Å². The van der Waals surface area contributed by atoms with Gasteiger partial charge in [-0.15, -0.1) is 0 Å². The molecule has 1 rings (SSSR count). The topological polar surface area (TPSA) is 81.1 Å². The maximum atomic E-state index is 12.5. The van der Waals surface area contributed by atoms with Gasteiger partial charge in [0.2, 0.25) is 0 Å². The number of aliphatic hydroxyl groups is 1. The highest BCUT2D eigenvalue weighted by Gasteiger charge is 2.41. The Kier molecular flexibility index (Phi) is 5.80. The van der Waals surface area contributed by atoms with Gasteiger partial charge in [0.1, 0.15) is 0 Å². The molecule has 6 heteroatoms. The minimum Gasteiger partial charge on any atom is -0.481 e. The van der Waals surface area contributed by atoms with Gasteiger partial charge in [0.25, 0.3) is 0 Å². The average Bonchev–Trinajstić information content (AvgIpc) is 2.44. The van der Waals surface area contributed by atoms with Crippen LogP contribution in [0.1, 0.15) is 45.4 Å². The van der Waals surface area contributed by atoms with E-state index >= 15 is 0 Å². The van der Waals surface area contributed by atoms with Crippen LogP contribution in [0.3, 0.4) is 0 Å². The summed E-state index contributed by atoms with van der Waals surface area (Å²) in [6.07, 6.45) is 4.42. The summed E-state index contributed by atoms with van der Waals surface area (Å²) in [5, 5.41) is 18.3. The van der Waals surface area contributed by atoms with Crippen molar-refractivity contribution in [1.82, 2.24) is 9.80 Å². The fraction of sp³-hybridized carbons (Fsp3) is 0.857. The zero-order valence-corrected chi connectivity index (χ0v) is 12.6. The molecule has 0 spiro atoms. The summed E-state index contributed by atoms with van der Waals surface area (Å²) in [6, 6.07) is -0.509. The summed E-state index contributed by atoms with van der Waals surface area (Å²) in [7, 11) is 3.31. The molecule has 116 valence electrons. The lowest BCUT2D eigenvalue weighted by Crippen LogP contribution is -2.56. The molecular weight excluding hydrogens is 260 g/mol. The molecule has 2 N–H and O–H groups in total. The number of rotatable bonds is 5. The van der Waals surface area contributed by atoms with Crippen molar-refractivity contribution in [3.63, 3.8) is 0 Å². The van der Waals surface area contributed by atoms with Crippen molar-refractivity contribution >= 4 is 12.0 Å². The largest absolute Gasteiger partial charge is 0.481 e. The molecule has 0 aromatic heterocycles. The van der Waals surface area contributed by atoms with Crippen molar-refractivity contribution < 1.29 is 19.8 Å². The SMILES string of the molecule is CC(CO)N(C)C(=O)N(C)C1(CC(=O)O)CCCCC1. The highest BCUT2D eigenvalue weighted by molar-refractivity contribution is 5.77. The lowest BCUT2D eigenvalue weighted by molar-refractivity contribution is -0.140. The first-order valence-electron chi connectivity index (χ1n) is 7.17. The monoisotopic (exact) mass is 286 g/mol. The van der Waals surface area contributed by atoms with Gasteiger partial charge in [-0.3, -0.25) is 4.79 Å². The first-order chi connectivity index (χ1) is 9.34. The third-order valence-corrected chi connectivity index (χ3v) is 4.49. The van der Waals surface area contributed by atoms with E-state index in [2.05, 4.69) is 0 Å². The Balaban J connectivity index is 2.89. The van der Waals surface area contributed by atoms with E-state index in [0.29, 0.717) is 0 Å². The summed E-state index contributed by atoms with van der Waals surface area (Å²) in [6.45, 7) is 1.65. The van der Waals surface area contributed by atoms with Crippen LogP contribution in [-0.2, 0) is 4.79 Å². The van der Waals surface area contributed by atoms with Crippen LogP contribution >= 0.6 is 0 Å². The zero-order valence-electron chi connectivity index (χ0n) is 12.6. The van der Waals surface area contributed by atoms with Gasteiger partial charge in [-0.05, 0) is 19.8 Å². The Hall–Kier alpha value is -1.30. The summed E-state index contributed by atoms with van der Waals surface area (Å²) in [5.74, 6) is -0.871. The second kappa shape index (κ2) is 6.92. The summed E-state index contributed by atoms with van der Waals surface area (Å²) in [4.78, 5) is 26.7. The van der Waals surface area contributed by atoms with Crippen LogP contribution in [0.15, 0.2) is 0 Å². The molecule has 1 fully saturated rings. The predicted octanol–water partition coefficient (Wildman–Crippen LogP) is 1.53. The Morgan fingerprint density at radius 2 is 1.75 bits per heavy atom. The third-order valence-electron chi connectivity index (χ3n) is 4.49. The molecule has 20 heavy (non-hydrogen) atoms. The lowest BCUT2D eigenvalue weighted by Gasteiger charge is -2.45. The van der Waals surface area contributed by atoms with Crippen LogP contribution in [0.5, 0.6) is 0 Å². The highest BCUT2D eigenvalue weighted by atomic mass is 16.4. The van der Waals surface area contributed by atoms with Gasteiger partial charge >= 0.3 is 12.0 Å². The van der Waals surface area contributed by atoms with Crippen LogP contribution in [-0.4, -0.2) is 64.3 Å². The van der Waals surface area contributed by atoms with Crippen molar-refractivity contribution in [3.05, 3.63) is 0 Å². The Labute approximate surface area is 120 Å². The fourth-order valence-electron chi connectivity index (χ4n) is 2.87. The molecule has 1 saturated carbocycles. The summed E-state index contributed by atoms with van der Waals surface area (Å²) >= 11 is 0. The maximum absolute atomic E-state index is 12.5. The minimum atomic E-state index is -0.871. The maximum Gasteiger partial charge on any atom is 0.320 e. The number of likely N-dealkylation sites (N-methyl/N-ethyl adjacent to an activating group) is 1. The van der Waals surface area contributed by atoms with E-state index in [1.807, 2.05) is 0 Å². The molecule has 0 heterocycles. The summed E-state index contributed by atoms with van der Waals surface area (Å²) < 4.78 is 0. The molecule has 0 aliphatic heterocycles. The van der Waals surface area contributed by atoms with E-state index in [1.165, 1.54) is 4.90 Å². The number of aliphatic carboxylic acids is 1. The van der Waals surface area contributed by atoms with Gasteiger partial charge in [0, 0.05) is 14.1 Å². The smallest absolute Gasteiger partial charge is 0.320 e. The molecule has 1 unspecified atom stereocenters. The number of amides is 2. The second-order valence-electron chi connectivity index (χ2n) is 5.84. The number of carbonyl (C=O) groups excluding carboxylic acids is 1. The van der Waals surface area contributed by atoms with Crippen molar-refractivity contribution in [2.75, 3.05) is 20.7 Å². The molecule has 0 bridgehead atoms. The van der Waals surface area contributed by atoms with E-state index in [-0.39, 0.29) is 25.1 Å². The van der Waals surface area contributed by atoms with Crippen LogP contribution in [0, 0.1) is 0 Å². The number of aliphatic hydroxyl groups excluding tert-OH is 1. The number of hydrogen-bond donors (Lipinski definition) is 2. The van der Waals surface area contributed by atoms with Crippen molar-refractivity contribution in [2.24, 2.45) is 0 Å². The van der Waals surface area contributed by atoms with E-state index in [1.54, 1.807) is 25.9 Å². The van der Waals surface area contributed by atoms with Gasteiger partial charge in [0.15, 0.2) is 0 Å². The normalized spacial score (nSPS) is 19.2. The second-order valence-corrected chi connectivity index (χ2v) is 5.84. The van der Waals surface area contributed by atoms with Gasteiger partial charge in [-0.25, -0.2) is 4.79 Å². The number of hydrogen-bond acceptors (Lipinski definition) is 3. The molecule has 0 aromatic rings. The summed E-state index contributed by atoms with van der Waals surface area (Å²) in [5.41, 5.74) is -0.593. The molecule has 6 nitrogen and oxygen atoms in total. The highest BCUT2D eigenvalue weighted by Crippen LogP contribution is 2.36. The average molecular weight is 286 g/mol. The Morgan fingerprint density at radius 3 is 2.20 bits per heavy atom. The molecule has 1 aliphatic carbocycles. The standard InChI is InChI=1S/C14H26N2O4/c1-11(10-17)15(2)13(20)16(3)14(9-12(18)19)7-5-4-6-8-14/h11,17H,4-10H2,1-3H3,(H,18,19). The van der Waals surface area contributed by atoms with Crippen LogP contribution in [0.25, 0.3) is 0 Å². The fourth-order valence-corrected chi connectivity index (χ4v) is 2.87. The van der Waals surface area contributed by atoms with Gasteiger partial charge < -0.3 is 20.0 Å². The zero-order chi connectivity index (χ0) is 15.3. The van der Waals surface area contributed by atoms with E-state index in [9.17, 15) is 9.59 Å². The number of nitrogens with zero attached hydrogens (tertiary/aromatic N) is 2. The number of urea groups is 1. The van der Waals surface area contributed by atoms with Crippen molar-refractivity contribution in [1.29, 1.82) is 0 Å². The molecule has 1 atom stereocenters. The van der Waals surface area contributed by atoms with Crippen LogP contribution in [0.4, 0.5) is 4.79 Å². The van der Waals surface area contributed by atoms with Crippen molar-refractivity contribution in [2.45, 2.75) is 57.0 Å².